The Labute approximate surface area is 94.6 Å². The van der Waals surface area contributed by atoms with Crippen LogP contribution in [0.15, 0.2) is 10.9 Å². The molecule has 0 aliphatic heterocycles. The molecule has 0 bridgehead atoms. The van der Waals surface area contributed by atoms with Gasteiger partial charge in [-0.05, 0) is 5.41 Å². The zero-order valence-corrected chi connectivity index (χ0v) is 9.86. The smallest absolute Gasteiger partial charge is 0.237 e. The van der Waals surface area contributed by atoms with Crippen LogP contribution in [0.1, 0.15) is 26.7 Å². The van der Waals surface area contributed by atoms with Gasteiger partial charge in [-0.25, -0.2) is 0 Å². The van der Waals surface area contributed by atoms with E-state index in [9.17, 15) is 4.79 Å². The van der Waals surface area contributed by atoms with Crippen LogP contribution in [-0.2, 0) is 11.2 Å². The largest absolute Gasteiger partial charge is 0.354 e. The van der Waals surface area contributed by atoms with Gasteiger partial charge in [0, 0.05) is 13.0 Å². The van der Waals surface area contributed by atoms with E-state index in [1.165, 1.54) is 6.33 Å². The van der Waals surface area contributed by atoms with E-state index in [4.69, 9.17) is 10.3 Å². The highest BCUT2D eigenvalue weighted by Gasteiger charge is 2.26. The topological polar surface area (TPSA) is 94.0 Å². The number of carbonyl (C=O) groups excluding carboxylic acids is 1. The highest BCUT2D eigenvalue weighted by Crippen LogP contribution is 2.16. The fourth-order valence-corrected chi connectivity index (χ4v) is 1.10. The minimum atomic E-state index is -0.518. The monoisotopic (exact) mass is 226 g/mol. The van der Waals surface area contributed by atoms with Crippen LogP contribution in [0, 0.1) is 5.41 Å². The first kappa shape index (κ1) is 12.6. The molecule has 16 heavy (non-hydrogen) atoms. The van der Waals surface area contributed by atoms with Crippen molar-refractivity contribution < 1.29 is 9.32 Å². The van der Waals surface area contributed by atoms with Crippen LogP contribution in [0.25, 0.3) is 0 Å². The Kier molecular flexibility index (Phi) is 4.00. The van der Waals surface area contributed by atoms with E-state index in [-0.39, 0.29) is 11.3 Å². The first-order valence-corrected chi connectivity index (χ1v) is 5.20. The van der Waals surface area contributed by atoms with Crippen molar-refractivity contribution in [3.63, 3.8) is 0 Å². The maximum atomic E-state index is 11.6. The van der Waals surface area contributed by atoms with E-state index < -0.39 is 6.04 Å². The lowest BCUT2D eigenvalue weighted by Crippen LogP contribution is -2.49. The van der Waals surface area contributed by atoms with E-state index in [0.29, 0.717) is 18.9 Å². The molecule has 1 amide bonds. The number of carbonyl (C=O) groups is 1. The normalized spacial score (nSPS) is 13.5. The molecule has 3 N–H and O–H groups in total. The maximum absolute atomic E-state index is 11.6. The second-order valence-electron chi connectivity index (χ2n) is 4.72. The van der Waals surface area contributed by atoms with Crippen LogP contribution in [0.4, 0.5) is 0 Å². The molecule has 6 heteroatoms. The van der Waals surface area contributed by atoms with E-state index in [1.54, 1.807) is 0 Å². The molecular weight excluding hydrogens is 208 g/mol. The summed E-state index contributed by atoms with van der Waals surface area (Å²) in [6.07, 6.45) is 1.85. The molecule has 0 unspecified atom stereocenters. The zero-order chi connectivity index (χ0) is 12.2. The van der Waals surface area contributed by atoms with Crippen molar-refractivity contribution in [1.29, 1.82) is 0 Å². The highest BCUT2D eigenvalue weighted by molar-refractivity contribution is 5.82. The Morgan fingerprint density at radius 2 is 2.31 bits per heavy atom. The van der Waals surface area contributed by atoms with Crippen molar-refractivity contribution in [1.82, 2.24) is 15.5 Å². The van der Waals surface area contributed by atoms with E-state index >= 15 is 0 Å². The standard InChI is InChI=1S/C10H18N4O2/c1-10(2,3)8(11)9(15)12-5-4-7-13-6-14-16-7/h6,8H,4-5,11H2,1-3H3,(H,12,15)/t8-/m1/s1. The third-order valence-corrected chi connectivity index (χ3v) is 2.26. The van der Waals surface area contributed by atoms with Gasteiger partial charge in [-0.15, -0.1) is 0 Å². The summed E-state index contributed by atoms with van der Waals surface area (Å²) in [7, 11) is 0. The predicted molar refractivity (Wildman–Crippen MR) is 58.4 cm³/mol. The van der Waals surface area contributed by atoms with E-state index in [1.807, 2.05) is 20.8 Å². The Bertz CT molecular complexity index is 329. The summed E-state index contributed by atoms with van der Waals surface area (Å²) in [4.78, 5) is 15.5. The number of aromatic nitrogens is 2. The molecule has 0 aromatic carbocycles. The summed E-state index contributed by atoms with van der Waals surface area (Å²) in [5.74, 6) is 0.344. The van der Waals surface area contributed by atoms with Gasteiger partial charge in [-0.1, -0.05) is 25.9 Å². The van der Waals surface area contributed by atoms with Crippen molar-refractivity contribution in [2.45, 2.75) is 33.2 Å². The first-order chi connectivity index (χ1) is 7.41. The van der Waals surface area contributed by atoms with Gasteiger partial charge < -0.3 is 15.6 Å². The summed E-state index contributed by atoms with van der Waals surface area (Å²) in [5, 5.41) is 6.21. The van der Waals surface area contributed by atoms with Crippen LogP contribution < -0.4 is 11.1 Å². The van der Waals surface area contributed by atoms with Crippen LogP contribution in [0.5, 0.6) is 0 Å². The Morgan fingerprint density at radius 3 is 2.81 bits per heavy atom. The minimum Gasteiger partial charge on any atom is -0.354 e. The Balaban J connectivity index is 2.30. The molecule has 6 nitrogen and oxygen atoms in total. The lowest BCUT2D eigenvalue weighted by atomic mass is 9.87. The third-order valence-electron chi connectivity index (χ3n) is 2.26. The number of amides is 1. The third kappa shape index (κ3) is 3.62. The van der Waals surface area contributed by atoms with Gasteiger partial charge >= 0.3 is 0 Å². The molecule has 0 aliphatic rings. The first-order valence-electron chi connectivity index (χ1n) is 5.20. The molecular formula is C10H18N4O2. The Morgan fingerprint density at radius 1 is 1.62 bits per heavy atom. The number of nitrogens with zero attached hydrogens (tertiary/aromatic N) is 2. The van der Waals surface area contributed by atoms with Gasteiger partial charge in [0.1, 0.15) is 0 Å². The molecule has 0 fully saturated rings. The van der Waals surface area contributed by atoms with E-state index in [2.05, 4.69) is 15.5 Å². The molecule has 90 valence electrons. The molecule has 0 spiro atoms. The van der Waals surface area contributed by atoms with Gasteiger partial charge in [0.05, 0.1) is 6.04 Å². The van der Waals surface area contributed by atoms with Crippen molar-refractivity contribution >= 4 is 5.91 Å². The SMILES string of the molecule is CC(C)(C)[C@H](N)C(=O)NCCc1ncno1. The molecule has 0 saturated carbocycles. The van der Waals surface area contributed by atoms with Gasteiger partial charge in [0.15, 0.2) is 6.33 Å². The molecule has 1 atom stereocenters. The average Bonchev–Trinajstić information content (AvgIpc) is 2.67. The van der Waals surface area contributed by atoms with Gasteiger partial charge in [0.2, 0.25) is 11.8 Å². The highest BCUT2D eigenvalue weighted by atomic mass is 16.5. The molecule has 1 heterocycles. The predicted octanol–water partition coefficient (Wildman–Crippen LogP) is 0.102. The lowest BCUT2D eigenvalue weighted by Gasteiger charge is -2.25. The Hall–Kier alpha value is -1.43. The fourth-order valence-electron chi connectivity index (χ4n) is 1.10. The van der Waals surface area contributed by atoms with Gasteiger partial charge in [0.25, 0.3) is 0 Å². The van der Waals surface area contributed by atoms with Crippen LogP contribution >= 0.6 is 0 Å². The van der Waals surface area contributed by atoms with Crippen LogP contribution in [0.2, 0.25) is 0 Å². The second kappa shape index (κ2) is 5.07. The van der Waals surface area contributed by atoms with Crippen LogP contribution in [-0.4, -0.2) is 28.6 Å². The van der Waals surface area contributed by atoms with Gasteiger partial charge in [-0.2, -0.15) is 4.98 Å². The minimum absolute atomic E-state index is 0.160. The summed E-state index contributed by atoms with van der Waals surface area (Å²) < 4.78 is 4.80. The second-order valence-corrected chi connectivity index (χ2v) is 4.72. The average molecular weight is 226 g/mol. The fraction of sp³-hybridized carbons (Fsp3) is 0.700. The summed E-state index contributed by atoms with van der Waals surface area (Å²) in [6.45, 7) is 6.23. The molecule has 0 saturated heterocycles. The molecule has 1 aromatic heterocycles. The summed E-state index contributed by atoms with van der Waals surface area (Å²) >= 11 is 0. The number of hydrogen-bond donors (Lipinski definition) is 2. The number of nitrogens with one attached hydrogen (secondary N) is 1. The summed E-state index contributed by atoms with van der Waals surface area (Å²) in [5.41, 5.74) is 5.55. The van der Waals surface area contributed by atoms with Crippen molar-refractivity contribution in [2.24, 2.45) is 11.1 Å². The maximum Gasteiger partial charge on any atom is 0.237 e. The molecule has 0 radical (unpaired) electrons. The van der Waals surface area contributed by atoms with Crippen molar-refractivity contribution in [3.8, 4) is 0 Å². The molecule has 1 aromatic rings. The van der Waals surface area contributed by atoms with E-state index in [0.717, 1.165) is 0 Å². The lowest BCUT2D eigenvalue weighted by molar-refractivity contribution is -0.124. The summed E-state index contributed by atoms with van der Waals surface area (Å²) in [6, 6.07) is -0.518. The van der Waals surface area contributed by atoms with Gasteiger partial charge in [-0.3, -0.25) is 4.79 Å². The number of rotatable bonds is 4. The van der Waals surface area contributed by atoms with Crippen LogP contribution in [0.3, 0.4) is 0 Å². The zero-order valence-electron chi connectivity index (χ0n) is 9.86. The van der Waals surface area contributed by atoms with Crippen molar-refractivity contribution in [3.05, 3.63) is 12.2 Å². The molecule has 1 rings (SSSR count). The van der Waals surface area contributed by atoms with Crippen molar-refractivity contribution in [2.75, 3.05) is 6.54 Å². The quantitative estimate of drug-likeness (QED) is 0.759. The molecule has 0 aliphatic carbocycles. The number of hydrogen-bond acceptors (Lipinski definition) is 5. The number of nitrogens with two attached hydrogens (primary N) is 1.